The lowest BCUT2D eigenvalue weighted by atomic mass is 9.97. The quantitative estimate of drug-likeness (QED) is 0.128. The van der Waals surface area contributed by atoms with Crippen LogP contribution >= 0.6 is 15.4 Å². The Morgan fingerprint density at radius 3 is 1.87 bits per heavy atom. The molecule has 0 N–H and O–H groups in total. The molecule has 1 saturated carbocycles. The van der Waals surface area contributed by atoms with Crippen LogP contribution in [0.2, 0.25) is 0 Å². The van der Waals surface area contributed by atoms with Gasteiger partial charge in [-0.25, -0.2) is 14.3 Å². The maximum absolute atomic E-state index is 13.9. The van der Waals surface area contributed by atoms with Crippen molar-refractivity contribution in [2.75, 3.05) is 26.4 Å². The van der Waals surface area contributed by atoms with E-state index in [2.05, 4.69) is 0 Å². The van der Waals surface area contributed by atoms with Gasteiger partial charge in [0.05, 0.1) is 26.4 Å². The van der Waals surface area contributed by atoms with Crippen molar-refractivity contribution in [1.29, 1.82) is 0 Å². The van der Waals surface area contributed by atoms with E-state index in [1.807, 2.05) is 27.7 Å². The molecular weight excluding hydrogens is 434 g/mol. The third-order valence-corrected chi connectivity index (χ3v) is 8.85. The minimum Gasteiger partial charge on any atom is -0.286 e. The van der Waals surface area contributed by atoms with Gasteiger partial charge in [0, 0.05) is 5.41 Å². The zero-order chi connectivity index (χ0) is 22.1. The van der Waals surface area contributed by atoms with E-state index in [0.29, 0.717) is 25.7 Å². The highest BCUT2D eigenvalue weighted by molar-refractivity contribution is 7.56. The highest BCUT2D eigenvalue weighted by Gasteiger charge is 2.60. The van der Waals surface area contributed by atoms with Crippen LogP contribution in [-0.4, -0.2) is 31.8 Å². The van der Waals surface area contributed by atoms with Crippen LogP contribution in [0.3, 0.4) is 0 Å². The molecule has 0 amide bonds. The van der Waals surface area contributed by atoms with E-state index in [9.17, 15) is 9.13 Å². The Balaban J connectivity index is 2.22. The van der Waals surface area contributed by atoms with Crippen molar-refractivity contribution in [3.63, 3.8) is 0 Å². The fraction of sp³-hybridized carbons (Fsp3) is 1.00. The molecule has 1 aliphatic heterocycles. The second kappa shape index (κ2) is 11.9. The summed E-state index contributed by atoms with van der Waals surface area (Å²) in [5.41, 5.74) is -0.291. The Morgan fingerprint density at radius 1 is 0.900 bits per heavy atom. The lowest BCUT2D eigenvalue weighted by Gasteiger charge is -2.42. The van der Waals surface area contributed by atoms with Crippen molar-refractivity contribution in [3.05, 3.63) is 0 Å². The van der Waals surface area contributed by atoms with E-state index in [1.54, 1.807) is 0 Å². The molecule has 2 fully saturated rings. The van der Waals surface area contributed by atoms with Crippen LogP contribution in [0.5, 0.6) is 0 Å². The first kappa shape index (κ1) is 26.4. The van der Waals surface area contributed by atoms with E-state index >= 15 is 0 Å². The summed E-state index contributed by atoms with van der Waals surface area (Å²) in [6, 6.07) is 0. The van der Waals surface area contributed by atoms with Gasteiger partial charge in [-0.1, -0.05) is 47.0 Å². The molecule has 1 saturated heterocycles. The number of unbranched alkanes of at least 4 members (excludes halogenated alkanes) is 2. The number of rotatable bonds is 13. The molecule has 0 spiro atoms. The fourth-order valence-corrected chi connectivity index (χ4v) is 7.22. The van der Waals surface area contributed by atoms with Crippen LogP contribution in [-0.2, 0) is 41.8 Å². The number of hydrogen-bond donors (Lipinski definition) is 0. The maximum Gasteiger partial charge on any atom is 0.475 e. The smallest absolute Gasteiger partial charge is 0.286 e. The fourth-order valence-electron chi connectivity index (χ4n) is 3.13. The monoisotopic (exact) mass is 472 g/mol. The molecule has 0 aromatic rings. The Bertz CT molecular complexity index is 575. The average molecular weight is 472 g/mol. The van der Waals surface area contributed by atoms with E-state index in [-0.39, 0.29) is 31.8 Å². The molecule has 0 radical (unpaired) electrons. The standard InChI is InChI=1S/C19H38O9P2/c1-5-7-14-22-27-29(20,28-23-15-8-6-2)19(12-10-9-11-13-19)26-30(21)24-16-18(3,4)17-25-30/h5-17H2,1-4H3. The Hall–Kier alpha value is 0.180. The highest BCUT2D eigenvalue weighted by Crippen LogP contribution is 2.72. The van der Waals surface area contributed by atoms with Gasteiger partial charge in [0.15, 0.2) is 5.34 Å². The van der Waals surface area contributed by atoms with Gasteiger partial charge in [-0.2, -0.15) is 0 Å². The molecule has 1 heterocycles. The first-order valence-corrected chi connectivity index (χ1v) is 14.0. The van der Waals surface area contributed by atoms with E-state index < -0.39 is 20.8 Å². The van der Waals surface area contributed by atoms with Gasteiger partial charge in [-0.3, -0.25) is 18.1 Å². The van der Waals surface area contributed by atoms with E-state index in [1.165, 1.54) is 0 Å². The lowest BCUT2D eigenvalue weighted by molar-refractivity contribution is -0.276. The van der Waals surface area contributed by atoms with E-state index in [0.717, 1.165) is 32.1 Å². The first-order valence-electron chi connectivity index (χ1n) is 11.0. The first-order chi connectivity index (χ1) is 14.2. The van der Waals surface area contributed by atoms with Gasteiger partial charge in [-0.05, 0) is 38.5 Å². The molecule has 2 aliphatic rings. The minimum absolute atomic E-state index is 0.201. The molecular formula is C19H38O9P2. The summed E-state index contributed by atoms with van der Waals surface area (Å²) in [6.07, 6.45) is 6.16. The summed E-state index contributed by atoms with van der Waals surface area (Å²) in [6.45, 7) is 8.77. The predicted octanol–water partition coefficient (Wildman–Crippen LogP) is 6.53. The Kier molecular flexibility index (Phi) is 10.5. The van der Waals surface area contributed by atoms with Crippen molar-refractivity contribution in [2.45, 2.75) is 90.8 Å². The highest BCUT2D eigenvalue weighted by atomic mass is 31.2. The van der Waals surface area contributed by atoms with Crippen molar-refractivity contribution >= 4 is 15.4 Å². The molecule has 0 bridgehead atoms. The summed E-state index contributed by atoms with van der Waals surface area (Å²) >= 11 is 0. The van der Waals surface area contributed by atoms with Crippen molar-refractivity contribution in [3.8, 4) is 0 Å². The summed E-state index contributed by atoms with van der Waals surface area (Å²) in [5, 5.41) is -1.53. The van der Waals surface area contributed by atoms with Crippen molar-refractivity contribution in [2.24, 2.45) is 5.41 Å². The number of phosphoric ester groups is 1. The Labute approximate surface area is 180 Å². The molecule has 11 heteroatoms. The van der Waals surface area contributed by atoms with Crippen LogP contribution in [0.25, 0.3) is 0 Å². The molecule has 0 aromatic carbocycles. The zero-order valence-corrected chi connectivity index (χ0v) is 20.5. The molecule has 178 valence electrons. The zero-order valence-electron chi connectivity index (χ0n) is 18.8. The molecule has 0 unspecified atom stereocenters. The molecule has 2 rings (SSSR count). The van der Waals surface area contributed by atoms with Crippen LogP contribution in [0.1, 0.15) is 85.5 Å². The number of phosphoric acid groups is 1. The minimum atomic E-state index is -4.15. The Morgan fingerprint density at radius 2 is 1.40 bits per heavy atom. The summed E-state index contributed by atoms with van der Waals surface area (Å²) < 4.78 is 54.7. The predicted molar refractivity (Wildman–Crippen MR) is 112 cm³/mol. The average Bonchev–Trinajstić information content (AvgIpc) is 2.72. The molecule has 30 heavy (non-hydrogen) atoms. The summed E-state index contributed by atoms with van der Waals surface area (Å²) in [4.78, 5) is 10.4. The third kappa shape index (κ3) is 7.36. The molecule has 1 aliphatic carbocycles. The van der Waals surface area contributed by atoms with Crippen LogP contribution in [0, 0.1) is 5.41 Å². The van der Waals surface area contributed by atoms with Crippen molar-refractivity contribution < 1.29 is 41.8 Å². The van der Waals surface area contributed by atoms with Crippen LogP contribution < -0.4 is 0 Å². The molecule has 0 aromatic heterocycles. The van der Waals surface area contributed by atoms with Gasteiger partial charge in [0.2, 0.25) is 0 Å². The topological polar surface area (TPSA) is 98.8 Å². The SMILES string of the molecule is CCCCOOP(=O)(OOCCCC)C1(OP2(=O)OCC(C)(C)CO2)CCCCC1. The van der Waals surface area contributed by atoms with Gasteiger partial charge in [-0.15, -0.1) is 9.35 Å². The second-order valence-electron chi connectivity index (χ2n) is 8.75. The normalized spacial score (nSPS) is 23.3. The number of hydrogen-bond acceptors (Lipinski definition) is 9. The van der Waals surface area contributed by atoms with Gasteiger partial charge in [0.1, 0.15) is 0 Å². The second-order valence-corrected chi connectivity index (χ2v) is 12.5. The van der Waals surface area contributed by atoms with Gasteiger partial charge in [0.25, 0.3) is 0 Å². The van der Waals surface area contributed by atoms with Crippen LogP contribution in [0.15, 0.2) is 0 Å². The lowest BCUT2D eigenvalue weighted by Crippen LogP contribution is -2.38. The third-order valence-electron chi connectivity index (χ3n) is 5.11. The molecule has 0 atom stereocenters. The summed E-state index contributed by atoms with van der Waals surface area (Å²) in [5.74, 6) is 0. The van der Waals surface area contributed by atoms with E-state index in [4.69, 9.17) is 32.7 Å². The molecule has 9 nitrogen and oxygen atoms in total. The summed E-state index contributed by atoms with van der Waals surface area (Å²) in [7, 11) is -8.10. The van der Waals surface area contributed by atoms with Gasteiger partial charge >= 0.3 is 15.4 Å². The van der Waals surface area contributed by atoms with Crippen LogP contribution in [0.4, 0.5) is 0 Å². The van der Waals surface area contributed by atoms with Crippen molar-refractivity contribution in [1.82, 2.24) is 0 Å². The van der Waals surface area contributed by atoms with Gasteiger partial charge < -0.3 is 0 Å². The largest absolute Gasteiger partial charge is 0.475 e. The maximum atomic E-state index is 13.9.